The molecule has 0 saturated carbocycles. The summed E-state index contributed by atoms with van der Waals surface area (Å²) < 4.78 is 0. The van der Waals surface area contributed by atoms with Crippen molar-refractivity contribution in [2.24, 2.45) is 0 Å². The Kier molecular flexibility index (Phi) is 30.1. The van der Waals surface area contributed by atoms with E-state index in [0.717, 1.165) is 75.1 Å². The average molecular weight is 931 g/mol. The second kappa shape index (κ2) is 29.1. The van der Waals surface area contributed by atoms with Gasteiger partial charge in [0.25, 0.3) is 0 Å². The summed E-state index contributed by atoms with van der Waals surface area (Å²) in [5.74, 6) is 0. The van der Waals surface area contributed by atoms with Gasteiger partial charge in [-0.2, -0.15) is 0 Å². The van der Waals surface area contributed by atoms with Gasteiger partial charge in [-0.25, -0.2) is 0 Å². The Bertz CT molecular complexity index is 1420. The zero-order chi connectivity index (χ0) is 38.5. The minimum atomic E-state index is 0. The third kappa shape index (κ3) is 19.6. The molecule has 0 aromatic heterocycles. The summed E-state index contributed by atoms with van der Waals surface area (Å²) in [6.45, 7) is 32.8. The van der Waals surface area contributed by atoms with E-state index in [1.165, 1.54) is 66.8 Å². The van der Waals surface area contributed by atoms with E-state index in [-0.39, 0.29) is 74.7 Å². The molecular weight excluding hydrogens is 855 g/mol. The van der Waals surface area contributed by atoms with E-state index >= 15 is 0 Å². The molecule has 0 radical (unpaired) electrons. The van der Waals surface area contributed by atoms with Gasteiger partial charge in [-0.3, -0.25) is 0 Å². The standard InChI is InChI=1S/2C23H33N3.3CH3.2Zr/c2*1-16-12-18(3)22(19(4)13-16)24-8-10-26(7)11-9-25-23-20(5)14-17(2)15-21(23)6;;;;;/h2*12-15H,8-11H2,1-7H3;3*1H3;;/q2*-2;3*-1;;+4. The van der Waals surface area contributed by atoms with E-state index in [1.807, 2.05) is 0 Å². The van der Waals surface area contributed by atoms with Crippen molar-refractivity contribution < 1.29 is 52.4 Å². The second-order valence-corrected chi connectivity index (χ2v) is 15.1. The van der Waals surface area contributed by atoms with Crippen LogP contribution >= 0.6 is 0 Å². The van der Waals surface area contributed by atoms with Gasteiger partial charge < -0.3 is 53.3 Å². The van der Waals surface area contributed by atoms with Gasteiger partial charge in [-0.1, -0.05) is 115 Å². The molecule has 0 heterocycles. The Morgan fingerprint density at radius 1 is 0.333 bits per heavy atom. The first-order valence-corrected chi connectivity index (χ1v) is 18.9. The van der Waals surface area contributed by atoms with Gasteiger partial charge in [-0.05, 0) is 123 Å². The van der Waals surface area contributed by atoms with Gasteiger partial charge in [-0.15, -0.1) is 48.9 Å². The largest absolute Gasteiger partial charge is 4.00 e. The number of hydrogen-bond donors (Lipinski definition) is 0. The molecule has 312 valence electrons. The average Bonchev–Trinajstić information content (AvgIpc) is 3.02. The van der Waals surface area contributed by atoms with Gasteiger partial charge in [0.2, 0.25) is 0 Å². The van der Waals surface area contributed by atoms with Gasteiger partial charge in [0.15, 0.2) is 0 Å². The summed E-state index contributed by atoms with van der Waals surface area (Å²) in [7, 11) is 4.30. The van der Waals surface area contributed by atoms with Crippen molar-refractivity contribution in [3.05, 3.63) is 159 Å². The van der Waals surface area contributed by atoms with Crippen LogP contribution in [-0.2, 0) is 52.4 Å². The first-order valence-electron chi connectivity index (χ1n) is 18.9. The summed E-state index contributed by atoms with van der Waals surface area (Å²) >= 11 is 0. The molecule has 0 atom stereocenters. The fourth-order valence-corrected chi connectivity index (χ4v) is 7.24. The molecule has 4 aromatic rings. The molecule has 0 spiro atoms. The molecule has 0 saturated heterocycles. The van der Waals surface area contributed by atoms with Crippen molar-refractivity contribution in [2.45, 2.75) is 83.1 Å². The number of rotatable bonds is 16. The number of aryl methyl sites for hydroxylation is 12. The van der Waals surface area contributed by atoms with Gasteiger partial charge >= 0.3 is 26.2 Å². The molecule has 0 aliphatic rings. The Balaban J connectivity index is -0.000000941. The van der Waals surface area contributed by atoms with E-state index in [0.29, 0.717) is 0 Å². The number of nitrogens with zero attached hydrogens (tertiary/aromatic N) is 6. The van der Waals surface area contributed by atoms with Gasteiger partial charge in [0.1, 0.15) is 0 Å². The van der Waals surface area contributed by atoms with E-state index in [2.05, 4.69) is 156 Å². The first-order chi connectivity index (χ1) is 24.5. The fourth-order valence-electron chi connectivity index (χ4n) is 7.24. The molecule has 0 amide bonds. The van der Waals surface area contributed by atoms with E-state index < -0.39 is 0 Å². The molecule has 0 N–H and O–H groups in total. The van der Waals surface area contributed by atoms with Crippen molar-refractivity contribution in [1.29, 1.82) is 0 Å². The molecule has 57 heavy (non-hydrogen) atoms. The summed E-state index contributed by atoms with van der Waals surface area (Å²) in [5, 5.41) is 19.3. The van der Waals surface area contributed by atoms with Crippen molar-refractivity contribution in [3.63, 3.8) is 0 Å². The summed E-state index contributed by atoms with van der Waals surface area (Å²) in [4.78, 5) is 4.62. The summed E-state index contributed by atoms with van der Waals surface area (Å²) in [5.41, 5.74) is 20.0. The Morgan fingerprint density at radius 3 is 0.614 bits per heavy atom. The monoisotopic (exact) mass is 927 g/mol. The van der Waals surface area contributed by atoms with E-state index in [1.54, 1.807) is 0 Å². The Labute approximate surface area is 390 Å². The van der Waals surface area contributed by atoms with Crippen molar-refractivity contribution in [2.75, 3.05) is 66.5 Å². The van der Waals surface area contributed by atoms with Crippen molar-refractivity contribution in [1.82, 2.24) is 9.80 Å². The summed E-state index contributed by atoms with van der Waals surface area (Å²) in [6.07, 6.45) is 0. The molecule has 0 fully saturated rings. The van der Waals surface area contributed by atoms with Crippen LogP contribution in [0.2, 0.25) is 0 Å². The maximum Gasteiger partial charge on any atom is 4.00 e. The van der Waals surface area contributed by atoms with Crippen LogP contribution < -0.4 is 0 Å². The molecule has 0 aliphatic carbocycles. The van der Waals surface area contributed by atoms with E-state index in [9.17, 15) is 0 Å². The first kappa shape index (κ1) is 59.1. The SMILES string of the molecule is Cc1cc(C)c([N-]CCN(C)CC[N-]c2c(C)cc(C)cc2C)c(C)c1.Cc1cc(C)c([N-]CCN(C)CC[N-]c2c(C)cc(C)cc2C)c(C)c1.[CH3-].[CH3-].[CH3-].[Zr+4].[Zr]. The molecule has 0 unspecified atom stereocenters. The van der Waals surface area contributed by atoms with Crippen LogP contribution in [0.3, 0.4) is 0 Å². The fraction of sp³-hybridized carbons (Fsp3) is 0.449. The maximum absolute atomic E-state index is 4.82. The third-order valence-corrected chi connectivity index (χ3v) is 9.55. The normalized spacial score (nSPS) is 10.1. The quantitative estimate of drug-likeness (QED) is 0.105. The van der Waals surface area contributed by atoms with Gasteiger partial charge in [0.05, 0.1) is 0 Å². The molecule has 0 bridgehead atoms. The predicted octanol–water partition coefficient (Wildman–Crippen LogP) is 13.7. The van der Waals surface area contributed by atoms with Crippen LogP contribution in [0.5, 0.6) is 0 Å². The minimum Gasteiger partial charge on any atom is -0.683 e. The number of hydrogen-bond acceptors (Lipinski definition) is 2. The number of likely N-dealkylation sites (N-methyl/N-ethyl adjacent to an activating group) is 2. The van der Waals surface area contributed by atoms with Crippen molar-refractivity contribution >= 4 is 22.7 Å². The molecule has 6 nitrogen and oxygen atoms in total. The smallest absolute Gasteiger partial charge is 0.683 e. The Hall–Kier alpha value is -2.23. The van der Waals surface area contributed by atoms with Crippen LogP contribution in [-0.4, -0.2) is 76.3 Å². The molecular formula is C49H75N6Zr2-3. The maximum atomic E-state index is 4.82. The predicted molar refractivity (Wildman–Crippen MR) is 248 cm³/mol. The Morgan fingerprint density at radius 2 is 0.474 bits per heavy atom. The molecule has 8 heteroatoms. The second-order valence-electron chi connectivity index (χ2n) is 15.1. The minimum absolute atomic E-state index is 0. The zero-order valence-corrected chi connectivity index (χ0v) is 43.9. The topological polar surface area (TPSA) is 62.9 Å². The van der Waals surface area contributed by atoms with Crippen LogP contribution in [0, 0.1) is 105 Å². The number of benzene rings is 4. The van der Waals surface area contributed by atoms with Crippen LogP contribution in [0.4, 0.5) is 22.7 Å². The summed E-state index contributed by atoms with van der Waals surface area (Å²) in [6, 6.07) is 17.7. The van der Waals surface area contributed by atoms with Crippen LogP contribution in [0.1, 0.15) is 66.8 Å². The molecule has 4 aromatic carbocycles. The van der Waals surface area contributed by atoms with Crippen LogP contribution in [0.25, 0.3) is 21.3 Å². The van der Waals surface area contributed by atoms with Crippen molar-refractivity contribution in [3.8, 4) is 0 Å². The zero-order valence-electron chi connectivity index (χ0n) is 39.0. The van der Waals surface area contributed by atoms with E-state index in [4.69, 9.17) is 21.3 Å². The molecule has 4 rings (SSSR count). The van der Waals surface area contributed by atoms with Gasteiger partial charge in [0, 0.05) is 26.2 Å². The third-order valence-electron chi connectivity index (χ3n) is 9.55. The van der Waals surface area contributed by atoms with Crippen LogP contribution in [0.15, 0.2) is 48.5 Å². The molecule has 0 aliphatic heterocycles.